The van der Waals surface area contributed by atoms with Crippen molar-refractivity contribution in [3.63, 3.8) is 0 Å². The van der Waals surface area contributed by atoms with E-state index in [1.165, 1.54) is 5.56 Å². The summed E-state index contributed by atoms with van der Waals surface area (Å²) in [6.07, 6.45) is 1.96. The van der Waals surface area contributed by atoms with E-state index in [1.807, 2.05) is 72.8 Å². The highest BCUT2D eigenvalue weighted by Gasteiger charge is 2.25. The average Bonchev–Trinajstić information content (AvgIpc) is 3.05. The monoisotopic (exact) mass is 604 g/mol. The summed E-state index contributed by atoms with van der Waals surface area (Å²) in [6.45, 7) is 0.715. The van der Waals surface area contributed by atoms with Crippen LogP contribution in [-0.4, -0.2) is 39.5 Å². The number of ether oxygens (including phenoxy) is 1. The van der Waals surface area contributed by atoms with E-state index < -0.39 is 17.9 Å². The van der Waals surface area contributed by atoms with Crippen LogP contribution in [0.4, 0.5) is 11.5 Å². The third kappa shape index (κ3) is 6.71. The van der Waals surface area contributed by atoms with Gasteiger partial charge in [-0.3, -0.25) is 4.79 Å². The van der Waals surface area contributed by atoms with Crippen molar-refractivity contribution >= 4 is 35.0 Å². The molecule has 1 aromatic heterocycles. The lowest BCUT2D eigenvalue weighted by molar-refractivity contribution is -0.139. The molecule has 0 saturated carbocycles. The molecular weight excluding hydrogens is 576 g/mol. The molecule has 2 heterocycles. The summed E-state index contributed by atoms with van der Waals surface area (Å²) in [4.78, 5) is 37.3. The van der Waals surface area contributed by atoms with Crippen LogP contribution in [0.1, 0.15) is 28.0 Å². The first-order valence-corrected chi connectivity index (χ1v) is 14.7. The summed E-state index contributed by atoms with van der Waals surface area (Å²) in [5.74, 6) is 0.499. The number of hydrogen-bond donors (Lipinski definition) is 2. The fourth-order valence-electron chi connectivity index (χ4n) is 5.17. The molecule has 1 aliphatic rings. The molecule has 1 aliphatic heterocycles. The van der Waals surface area contributed by atoms with Gasteiger partial charge in [-0.25, -0.2) is 14.8 Å². The second kappa shape index (κ2) is 13.0. The van der Waals surface area contributed by atoms with Crippen molar-refractivity contribution in [1.29, 1.82) is 0 Å². The lowest BCUT2D eigenvalue weighted by atomic mass is 10.0. The van der Waals surface area contributed by atoms with E-state index in [0.29, 0.717) is 40.3 Å². The lowest BCUT2D eigenvalue weighted by Gasteiger charge is -2.30. The van der Waals surface area contributed by atoms with Crippen LogP contribution in [0.15, 0.2) is 109 Å². The maximum Gasteiger partial charge on any atom is 0.326 e. The van der Waals surface area contributed by atoms with Crippen molar-refractivity contribution in [2.75, 3.05) is 11.4 Å². The zero-order valence-corrected chi connectivity index (χ0v) is 24.4. The van der Waals surface area contributed by atoms with Gasteiger partial charge in [0.25, 0.3) is 5.91 Å². The molecule has 9 heteroatoms. The number of benzene rings is 4. The number of rotatable bonds is 9. The lowest BCUT2D eigenvalue weighted by Crippen LogP contribution is -2.42. The molecule has 0 aliphatic carbocycles. The number of anilines is 2. The summed E-state index contributed by atoms with van der Waals surface area (Å²) in [5.41, 5.74) is 3.70. The zero-order chi connectivity index (χ0) is 30.5. The second-order valence-corrected chi connectivity index (χ2v) is 10.9. The summed E-state index contributed by atoms with van der Waals surface area (Å²) >= 11 is 5.98. The molecule has 5 aromatic rings. The van der Waals surface area contributed by atoms with E-state index in [1.54, 1.807) is 30.3 Å². The van der Waals surface area contributed by atoms with Crippen molar-refractivity contribution in [3.8, 4) is 22.9 Å². The number of amides is 1. The Labute approximate surface area is 259 Å². The Morgan fingerprint density at radius 2 is 1.59 bits per heavy atom. The van der Waals surface area contributed by atoms with Gasteiger partial charge in [0.1, 0.15) is 29.1 Å². The predicted molar refractivity (Wildman–Crippen MR) is 170 cm³/mol. The first-order chi connectivity index (χ1) is 21.4. The number of carbonyl (C=O) groups is 2. The maximum atomic E-state index is 13.6. The van der Waals surface area contributed by atoms with Crippen molar-refractivity contribution < 1.29 is 19.4 Å². The summed E-state index contributed by atoms with van der Waals surface area (Å²) in [7, 11) is 0. The minimum absolute atomic E-state index is 0.0695. The Morgan fingerprint density at radius 1 is 0.886 bits per heavy atom. The van der Waals surface area contributed by atoms with Gasteiger partial charge in [0, 0.05) is 35.3 Å². The molecule has 4 aromatic carbocycles. The van der Waals surface area contributed by atoms with Gasteiger partial charge in [0.15, 0.2) is 5.82 Å². The predicted octanol–water partition coefficient (Wildman–Crippen LogP) is 7.10. The van der Waals surface area contributed by atoms with Gasteiger partial charge in [-0.1, -0.05) is 60.1 Å². The van der Waals surface area contributed by atoms with Crippen LogP contribution in [0.2, 0.25) is 5.02 Å². The molecule has 220 valence electrons. The number of hydrogen-bond acceptors (Lipinski definition) is 6. The first kappa shape index (κ1) is 28.9. The van der Waals surface area contributed by atoms with E-state index in [4.69, 9.17) is 21.3 Å². The van der Waals surface area contributed by atoms with Crippen LogP contribution in [0, 0.1) is 0 Å². The number of carboxylic acids is 1. The Balaban J connectivity index is 1.33. The number of nitrogens with zero attached hydrogens (tertiary/aromatic N) is 3. The van der Waals surface area contributed by atoms with Crippen molar-refractivity contribution in [2.24, 2.45) is 0 Å². The molecule has 0 unspecified atom stereocenters. The summed E-state index contributed by atoms with van der Waals surface area (Å²) in [6, 6.07) is 32.2. The number of carbonyl (C=O) groups excluding carboxylic acids is 1. The van der Waals surface area contributed by atoms with Crippen LogP contribution in [0.25, 0.3) is 11.4 Å². The molecule has 44 heavy (non-hydrogen) atoms. The number of carboxylic acid groups (broad SMARTS) is 1. The van der Waals surface area contributed by atoms with Crippen LogP contribution < -0.4 is 15.0 Å². The van der Waals surface area contributed by atoms with Crippen LogP contribution in [-0.2, 0) is 17.6 Å². The van der Waals surface area contributed by atoms with E-state index in [2.05, 4.69) is 21.3 Å². The van der Waals surface area contributed by atoms with Crippen molar-refractivity contribution in [3.05, 3.63) is 131 Å². The van der Waals surface area contributed by atoms with Crippen LogP contribution >= 0.6 is 11.6 Å². The van der Waals surface area contributed by atoms with Gasteiger partial charge in [0.2, 0.25) is 0 Å². The number of aromatic nitrogens is 2. The zero-order valence-electron chi connectivity index (χ0n) is 23.7. The SMILES string of the molecule is O=C(N[C@H](Cc1ccc(Cl)cc1)C(=O)O)c1cc(N2CCCc3ccccc32)nc(-c2ccc(Oc3ccccc3)cc2)n1. The maximum absolute atomic E-state index is 13.6. The van der Waals surface area contributed by atoms with Gasteiger partial charge < -0.3 is 20.1 Å². The molecular formula is C35H29ClN4O4. The molecule has 1 atom stereocenters. The van der Waals surface area contributed by atoms with Crippen molar-refractivity contribution in [2.45, 2.75) is 25.3 Å². The van der Waals surface area contributed by atoms with E-state index in [-0.39, 0.29) is 12.1 Å². The summed E-state index contributed by atoms with van der Waals surface area (Å²) in [5, 5.41) is 13.1. The number of nitrogens with one attached hydrogen (secondary N) is 1. The highest BCUT2D eigenvalue weighted by atomic mass is 35.5. The minimum atomic E-state index is -1.17. The average molecular weight is 605 g/mol. The van der Waals surface area contributed by atoms with E-state index in [0.717, 1.165) is 24.1 Å². The van der Waals surface area contributed by atoms with Gasteiger partial charge in [-0.2, -0.15) is 0 Å². The molecule has 0 saturated heterocycles. The topological polar surface area (TPSA) is 105 Å². The smallest absolute Gasteiger partial charge is 0.326 e. The van der Waals surface area contributed by atoms with E-state index in [9.17, 15) is 14.7 Å². The molecule has 6 rings (SSSR count). The molecule has 0 bridgehead atoms. The third-order valence-corrected chi connectivity index (χ3v) is 7.63. The number of aryl methyl sites for hydroxylation is 1. The minimum Gasteiger partial charge on any atom is -0.480 e. The third-order valence-electron chi connectivity index (χ3n) is 7.38. The Bertz CT molecular complexity index is 1780. The highest BCUT2D eigenvalue weighted by Crippen LogP contribution is 2.34. The quantitative estimate of drug-likeness (QED) is 0.185. The highest BCUT2D eigenvalue weighted by molar-refractivity contribution is 6.30. The molecule has 2 N–H and O–H groups in total. The van der Waals surface area contributed by atoms with Crippen molar-refractivity contribution in [1.82, 2.24) is 15.3 Å². The Hall–Kier alpha value is -5.21. The molecule has 0 radical (unpaired) electrons. The molecule has 8 nitrogen and oxygen atoms in total. The number of para-hydroxylation sites is 2. The normalized spacial score (nSPS) is 13.1. The fourth-order valence-corrected chi connectivity index (χ4v) is 5.30. The number of fused-ring (bicyclic) bond motifs is 1. The molecule has 1 amide bonds. The first-order valence-electron chi connectivity index (χ1n) is 14.3. The van der Waals surface area contributed by atoms with Crippen LogP contribution in [0.3, 0.4) is 0 Å². The number of aliphatic carboxylic acids is 1. The molecule has 0 spiro atoms. The summed E-state index contributed by atoms with van der Waals surface area (Å²) < 4.78 is 5.93. The van der Waals surface area contributed by atoms with Gasteiger partial charge in [-0.15, -0.1) is 0 Å². The van der Waals surface area contributed by atoms with Gasteiger partial charge in [0.05, 0.1) is 0 Å². The van der Waals surface area contributed by atoms with Gasteiger partial charge in [-0.05, 0) is 78.6 Å². The van der Waals surface area contributed by atoms with Gasteiger partial charge >= 0.3 is 5.97 Å². The van der Waals surface area contributed by atoms with Crippen LogP contribution in [0.5, 0.6) is 11.5 Å². The molecule has 0 fully saturated rings. The number of halogens is 1. The van der Waals surface area contributed by atoms with E-state index >= 15 is 0 Å². The Morgan fingerprint density at radius 3 is 2.34 bits per heavy atom. The Kier molecular flexibility index (Phi) is 8.52. The largest absolute Gasteiger partial charge is 0.480 e. The standard InChI is InChI=1S/C35H29ClN4O4/c36-26-16-12-23(13-17-26)21-30(35(42)43)38-34(41)29-22-32(40-20-6-8-24-7-4-5-11-31(24)40)39-33(37-29)25-14-18-28(19-15-25)44-27-9-2-1-3-10-27/h1-5,7,9-19,22,30H,6,8,20-21H2,(H,38,41)(H,42,43)/t30-/m1/s1. The fraction of sp³-hybridized carbons (Fsp3) is 0.143. The second-order valence-electron chi connectivity index (χ2n) is 10.5.